The molecule has 1 unspecified atom stereocenters. The third kappa shape index (κ3) is 3.53. The highest BCUT2D eigenvalue weighted by Crippen LogP contribution is 2.31. The van der Waals surface area contributed by atoms with Gasteiger partial charge in [0.05, 0.1) is 0 Å². The monoisotopic (exact) mass is 373 g/mol. The number of nitrogens with zero attached hydrogens (tertiary/aromatic N) is 1. The Morgan fingerprint density at radius 2 is 2.00 bits per heavy atom. The minimum atomic E-state index is -0.254. The van der Waals surface area contributed by atoms with Crippen LogP contribution < -0.4 is 4.90 Å². The molecule has 4 heteroatoms. The van der Waals surface area contributed by atoms with Gasteiger partial charge in [0.2, 0.25) is 0 Å². The number of rotatable bonds is 2. The number of halogens is 2. The van der Waals surface area contributed by atoms with Crippen molar-refractivity contribution in [3.63, 3.8) is 0 Å². The van der Waals surface area contributed by atoms with E-state index in [0.717, 1.165) is 34.1 Å². The number of carbonyl (C=O) groups excluding carboxylic acids is 1. The van der Waals surface area contributed by atoms with Crippen molar-refractivity contribution >= 4 is 33.6 Å². The summed E-state index contributed by atoms with van der Waals surface area (Å²) in [5.41, 5.74) is 2.68. The molecule has 2 aromatic carbocycles. The molecule has 0 saturated heterocycles. The summed E-state index contributed by atoms with van der Waals surface area (Å²) in [4.78, 5) is 14.4. The number of hydrogen-bond donors (Lipinski definition) is 0. The van der Waals surface area contributed by atoms with E-state index in [9.17, 15) is 9.18 Å². The predicted octanol–water partition coefficient (Wildman–Crippen LogP) is 4.97. The topological polar surface area (TPSA) is 20.3 Å². The lowest BCUT2D eigenvalue weighted by Gasteiger charge is -2.34. The van der Waals surface area contributed by atoms with Crippen molar-refractivity contribution < 1.29 is 9.18 Å². The Bertz CT molecular complexity index is 754. The van der Waals surface area contributed by atoms with Gasteiger partial charge in [0, 0.05) is 22.3 Å². The Morgan fingerprint density at radius 3 is 2.74 bits per heavy atom. The predicted molar refractivity (Wildman–Crippen MR) is 94.8 cm³/mol. The van der Waals surface area contributed by atoms with Crippen molar-refractivity contribution in [2.45, 2.75) is 25.8 Å². The molecular weight excluding hydrogens is 357 g/mol. The van der Waals surface area contributed by atoms with Crippen LogP contribution in [0.2, 0.25) is 0 Å². The highest BCUT2D eigenvalue weighted by atomic mass is 79.9. The lowest BCUT2D eigenvalue weighted by Crippen LogP contribution is -2.41. The highest BCUT2D eigenvalue weighted by Gasteiger charge is 2.27. The Labute approximate surface area is 143 Å². The maximum absolute atomic E-state index is 13.4. The normalized spacial score (nSPS) is 17.3. The zero-order valence-electron chi connectivity index (χ0n) is 12.8. The van der Waals surface area contributed by atoms with Gasteiger partial charge in [-0.2, -0.15) is 0 Å². The van der Waals surface area contributed by atoms with Gasteiger partial charge in [-0.1, -0.05) is 28.1 Å². The van der Waals surface area contributed by atoms with E-state index in [1.807, 2.05) is 31.2 Å². The number of benzene rings is 2. The van der Waals surface area contributed by atoms with Crippen LogP contribution in [0.1, 0.15) is 24.5 Å². The first-order valence-electron chi connectivity index (χ1n) is 7.60. The number of amides is 1. The fraction of sp³-hybridized carbons (Fsp3) is 0.211. The molecular formula is C19H17BrFNO. The van der Waals surface area contributed by atoms with E-state index in [2.05, 4.69) is 15.9 Å². The average Bonchev–Trinajstić information content (AvgIpc) is 2.54. The molecule has 0 bridgehead atoms. The zero-order chi connectivity index (χ0) is 16.4. The Hall–Kier alpha value is -1.94. The summed E-state index contributed by atoms with van der Waals surface area (Å²) in [6, 6.07) is 12.5. The summed E-state index contributed by atoms with van der Waals surface area (Å²) in [6.45, 7) is 2.03. The first kappa shape index (κ1) is 15.9. The molecule has 0 aromatic heterocycles. The third-order valence-corrected chi connectivity index (χ3v) is 4.63. The molecule has 3 rings (SSSR count). The second-order valence-corrected chi connectivity index (χ2v) is 6.67. The molecule has 23 heavy (non-hydrogen) atoms. The smallest absolute Gasteiger partial charge is 0.251 e. The largest absolute Gasteiger partial charge is 0.306 e. The van der Waals surface area contributed by atoms with E-state index in [4.69, 9.17) is 0 Å². The molecule has 0 aliphatic carbocycles. The first-order chi connectivity index (χ1) is 11.0. The number of hydrogen-bond acceptors (Lipinski definition) is 1. The Kier molecular flexibility index (Phi) is 4.62. The van der Waals surface area contributed by atoms with Gasteiger partial charge in [-0.25, -0.2) is 4.39 Å². The van der Waals surface area contributed by atoms with Gasteiger partial charge < -0.3 is 4.90 Å². The molecule has 0 radical (unpaired) electrons. The molecule has 1 aliphatic heterocycles. The van der Waals surface area contributed by atoms with Crippen LogP contribution in [0.25, 0.3) is 6.08 Å². The van der Waals surface area contributed by atoms with E-state index in [1.54, 1.807) is 23.1 Å². The van der Waals surface area contributed by atoms with Crippen molar-refractivity contribution in [2.75, 3.05) is 4.90 Å². The fourth-order valence-corrected chi connectivity index (χ4v) is 3.14. The molecule has 2 nitrogen and oxygen atoms in total. The summed E-state index contributed by atoms with van der Waals surface area (Å²) < 4.78 is 14.4. The molecule has 1 amide bonds. The van der Waals surface area contributed by atoms with Gasteiger partial charge in [0.25, 0.3) is 5.91 Å². The van der Waals surface area contributed by atoms with Crippen molar-refractivity contribution in [1.82, 2.24) is 0 Å². The fourth-order valence-electron chi connectivity index (χ4n) is 2.88. The summed E-state index contributed by atoms with van der Waals surface area (Å²) >= 11 is 3.39. The van der Waals surface area contributed by atoms with Gasteiger partial charge in [-0.3, -0.25) is 4.79 Å². The van der Waals surface area contributed by atoms with Gasteiger partial charge in [-0.15, -0.1) is 0 Å². The Morgan fingerprint density at radius 1 is 1.26 bits per heavy atom. The number of fused-ring (bicyclic) bond motifs is 1. The highest BCUT2D eigenvalue weighted by molar-refractivity contribution is 9.10. The lowest BCUT2D eigenvalue weighted by molar-refractivity contribution is -0.114. The van der Waals surface area contributed by atoms with Gasteiger partial charge >= 0.3 is 0 Å². The molecule has 1 heterocycles. The van der Waals surface area contributed by atoms with Crippen molar-refractivity contribution in [1.29, 1.82) is 0 Å². The van der Waals surface area contributed by atoms with E-state index in [-0.39, 0.29) is 17.8 Å². The molecule has 118 valence electrons. The third-order valence-electron chi connectivity index (χ3n) is 4.10. The van der Waals surface area contributed by atoms with Crippen LogP contribution in [0.4, 0.5) is 10.1 Å². The molecule has 0 saturated carbocycles. The molecule has 1 atom stereocenters. The van der Waals surface area contributed by atoms with Gasteiger partial charge in [0.15, 0.2) is 0 Å². The number of carbonyl (C=O) groups is 1. The summed E-state index contributed by atoms with van der Waals surface area (Å²) in [7, 11) is 0. The van der Waals surface area contributed by atoms with E-state index >= 15 is 0 Å². The molecule has 0 spiro atoms. The van der Waals surface area contributed by atoms with Gasteiger partial charge in [-0.05, 0) is 67.3 Å². The zero-order valence-corrected chi connectivity index (χ0v) is 14.4. The summed E-state index contributed by atoms with van der Waals surface area (Å²) in [6.07, 6.45) is 5.03. The average molecular weight is 374 g/mol. The number of anilines is 1. The van der Waals surface area contributed by atoms with Crippen LogP contribution in [0.5, 0.6) is 0 Å². The summed E-state index contributed by atoms with van der Waals surface area (Å²) in [5.74, 6) is -0.330. The SMILES string of the molecule is CC1CCc2cc(F)ccc2N1C(=O)C=Cc1ccc(Br)cc1. The first-order valence-corrected chi connectivity index (χ1v) is 8.39. The number of aryl methyl sites for hydroxylation is 1. The molecule has 0 N–H and O–H groups in total. The molecule has 2 aromatic rings. The quantitative estimate of drug-likeness (QED) is 0.680. The van der Waals surface area contributed by atoms with E-state index in [1.165, 1.54) is 12.1 Å². The van der Waals surface area contributed by atoms with Crippen LogP contribution in [0, 0.1) is 5.82 Å². The molecule has 1 aliphatic rings. The van der Waals surface area contributed by atoms with Crippen LogP contribution in [-0.2, 0) is 11.2 Å². The maximum atomic E-state index is 13.4. The minimum absolute atomic E-state index is 0.0759. The van der Waals surface area contributed by atoms with Crippen molar-refractivity contribution in [3.05, 3.63) is 70.0 Å². The van der Waals surface area contributed by atoms with Gasteiger partial charge in [0.1, 0.15) is 5.82 Å². The lowest BCUT2D eigenvalue weighted by atomic mass is 9.96. The summed E-state index contributed by atoms with van der Waals surface area (Å²) in [5, 5.41) is 0. The minimum Gasteiger partial charge on any atom is -0.306 e. The van der Waals surface area contributed by atoms with Crippen LogP contribution in [0.3, 0.4) is 0 Å². The van der Waals surface area contributed by atoms with Crippen LogP contribution >= 0.6 is 15.9 Å². The van der Waals surface area contributed by atoms with Crippen molar-refractivity contribution in [3.8, 4) is 0 Å². The van der Waals surface area contributed by atoms with E-state index in [0.29, 0.717) is 0 Å². The van der Waals surface area contributed by atoms with Crippen molar-refractivity contribution in [2.24, 2.45) is 0 Å². The second kappa shape index (κ2) is 6.67. The second-order valence-electron chi connectivity index (χ2n) is 5.75. The van der Waals surface area contributed by atoms with E-state index < -0.39 is 0 Å². The van der Waals surface area contributed by atoms with Crippen LogP contribution in [-0.4, -0.2) is 11.9 Å². The maximum Gasteiger partial charge on any atom is 0.251 e. The molecule has 0 fully saturated rings. The Balaban J connectivity index is 1.85. The standard InChI is InChI=1S/C19H17BrFNO/c1-13-2-6-15-12-17(21)9-10-18(15)22(13)19(23)11-5-14-3-7-16(20)8-4-14/h3-5,7-13H,2,6H2,1H3. The van der Waals surface area contributed by atoms with Crippen LogP contribution in [0.15, 0.2) is 53.0 Å².